The molecule has 4 aromatic rings. The molecule has 2 aromatic carbocycles. The SMILES string of the molecule is Cc1cc(C)c2c(C)c(C(=O)N(Cc3ccc(F)cc3)c3ccccn3)oc2c1. The summed E-state index contributed by atoms with van der Waals surface area (Å²) in [6.07, 6.45) is 1.64. The van der Waals surface area contributed by atoms with E-state index in [1.54, 1.807) is 35.4 Å². The molecule has 0 saturated carbocycles. The van der Waals surface area contributed by atoms with Crippen LogP contribution in [0.25, 0.3) is 11.0 Å². The van der Waals surface area contributed by atoms with Crippen molar-refractivity contribution in [2.75, 3.05) is 4.90 Å². The first kappa shape index (κ1) is 18.9. The van der Waals surface area contributed by atoms with Crippen LogP contribution in [0.4, 0.5) is 10.2 Å². The second kappa shape index (κ2) is 7.51. The number of benzene rings is 2. The molecule has 0 spiro atoms. The third kappa shape index (κ3) is 3.63. The summed E-state index contributed by atoms with van der Waals surface area (Å²) >= 11 is 0. The van der Waals surface area contributed by atoms with Gasteiger partial charge in [-0.05, 0) is 67.8 Å². The molecule has 146 valence electrons. The predicted octanol–water partition coefficient (Wildman–Crippen LogP) is 5.74. The van der Waals surface area contributed by atoms with Gasteiger partial charge in [0.2, 0.25) is 0 Å². The average molecular weight is 388 g/mol. The Morgan fingerprint density at radius 1 is 1.07 bits per heavy atom. The van der Waals surface area contributed by atoms with Crippen LogP contribution in [-0.4, -0.2) is 10.9 Å². The Bertz CT molecular complexity index is 1180. The molecule has 5 heteroatoms. The molecule has 29 heavy (non-hydrogen) atoms. The fraction of sp³-hybridized carbons (Fsp3) is 0.167. The number of aryl methyl sites for hydroxylation is 3. The number of halogens is 1. The Morgan fingerprint density at radius 2 is 1.83 bits per heavy atom. The minimum atomic E-state index is -0.316. The molecule has 4 nitrogen and oxygen atoms in total. The zero-order valence-corrected chi connectivity index (χ0v) is 16.6. The second-order valence-electron chi connectivity index (χ2n) is 7.22. The summed E-state index contributed by atoms with van der Waals surface area (Å²) in [5.41, 5.74) is 4.46. The summed E-state index contributed by atoms with van der Waals surface area (Å²) in [7, 11) is 0. The molecule has 2 heterocycles. The van der Waals surface area contributed by atoms with Gasteiger partial charge in [-0.15, -0.1) is 0 Å². The minimum Gasteiger partial charge on any atom is -0.451 e. The number of hydrogen-bond acceptors (Lipinski definition) is 3. The highest BCUT2D eigenvalue weighted by molar-refractivity contribution is 6.07. The van der Waals surface area contributed by atoms with Gasteiger partial charge in [0.1, 0.15) is 17.2 Å². The van der Waals surface area contributed by atoms with Gasteiger partial charge in [0.05, 0.1) is 6.54 Å². The molecule has 0 bridgehead atoms. The lowest BCUT2D eigenvalue weighted by Crippen LogP contribution is -2.31. The Hall–Kier alpha value is -3.47. The lowest BCUT2D eigenvalue weighted by Gasteiger charge is -2.21. The number of furan rings is 1. The lowest BCUT2D eigenvalue weighted by atomic mass is 10.0. The summed E-state index contributed by atoms with van der Waals surface area (Å²) in [5.74, 6) is 0.207. The van der Waals surface area contributed by atoms with E-state index in [1.807, 2.05) is 32.9 Å². The van der Waals surface area contributed by atoms with Crippen LogP contribution in [-0.2, 0) is 6.54 Å². The Balaban J connectivity index is 1.79. The summed E-state index contributed by atoms with van der Waals surface area (Å²) in [4.78, 5) is 19.4. The van der Waals surface area contributed by atoms with Crippen LogP contribution in [0.3, 0.4) is 0 Å². The molecule has 0 unspecified atom stereocenters. The van der Waals surface area contributed by atoms with Crippen molar-refractivity contribution in [3.05, 3.63) is 94.6 Å². The average Bonchev–Trinajstić information content (AvgIpc) is 3.04. The number of carbonyl (C=O) groups is 1. The number of anilines is 1. The third-order valence-electron chi connectivity index (χ3n) is 4.99. The summed E-state index contributed by atoms with van der Waals surface area (Å²) in [6.45, 7) is 6.17. The van der Waals surface area contributed by atoms with Gasteiger partial charge in [-0.3, -0.25) is 9.69 Å². The molecule has 0 aliphatic carbocycles. The zero-order chi connectivity index (χ0) is 20.5. The maximum Gasteiger partial charge on any atom is 0.295 e. The molecular weight excluding hydrogens is 367 g/mol. The van der Waals surface area contributed by atoms with Crippen molar-refractivity contribution in [2.45, 2.75) is 27.3 Å². The van der Waals surface area contributed by atoms with Crippen LogP contribution >= 0.6 is 0 Å². The first-order valence-corrected chi connectivity index (χ1v) is 9.41. The maximum absolute atomic E-state index is 13.5. The van der Waals surface area contributed by atoms with Crippen molar-refractivity contribution >= 4 is 22.7 Å². The number of pyridine rings is 1. The number of amides is 1. The Labute approximate surface area is 168 Å². The molecule has 0 N–H and O–H groups in total. The molecule has 0 fully saturated rings. The van der Waals surface area contributed by atoms with Crippen molar-refractivity contribution < 1.29 is 13.6 Å². The van der Waals surface area contributed by atoms with Crippen LogP contribution in [0, 0.1) is 26.6 Å². The van der Waals surface area contributed by atoms with Crippen LogP contribution < -0.4 is 4.90 Å². The van der Waals surface area contributed by atoms with Crippen LogP contribution in [0.1, 0.15) is 32.8 Å². The molecule has 0 aliphatic rings. The highest BCUT2D eigenvalue weighted by Gasteiger charge is 2.26. The van der Waals surface area contributed by atoms with E-state index < -0.39 is 0 Å². The van der Waals surface area contributed by atoms with Crippen LogP contribution in [0.2, 0.25) is 0 Å². The van der Waals surface area contributed by atoms with Gasteiger partial charge in [0.25, 0.3) is 5.91 Å². The largest absolute Gasteiger partial charge is 0.451 e. The predicted molar refractivity (Wildman–Crippen MR) is 112 cm³/mol. The second-order valence-corrected chi connectivity index (χ2v) is 7.22. The smallest absolute Gasteiger partial charge is 0.295 e. The molecule has 1 amide bonds. The van der Waals surface area contributed by atoms with Gasteiger partial charge >= 0.3 is 0 Å². The van der Waals surface area contributed by atoms with Crippen molar-refractivity contribution in [3.8, 4) is 0 Å². The molecule has 0 saturated heterocycles. The lowest BCUT2D eigenvalue weighted by molar-refractivity contribution is 0.0959. The topological polar surface area (TPSA) is 46.3 Å². The molecule has 0 aliphatic heterocycles. The van der Waals surface area contributed by atoms with E-state index in [0.29, 0.717) is 17.2 Å². The highest BCUT2D eigenvalue weighted by Crippen LogP contribution is 2.31. The monoisotopic (exact) mass is 388 g/mol. The number of carbonyl (C=O) groups excluding carboxylic acids is 1. The van der Waals surface area contributed by atoms with E-state index in [0.717, 1.165) is 27.6 Å². The van der Waals surface area contributed by atoms with Crippen molar-refractivity contribution in [1.29, 1.82) is 0 Å². The summed E-state index contributed by atoms with van der Waals surface area (Å²) in [5, 5.41) is 0.960. The third-order valence-corrected chi connectivity index (χ3v) is 4.99. The summed E-state index contributed by atoms with van der Waals surface area (Å²) in [6, 6.07) is 15.5. The van der Waals surface area contributed by atoms with E-state index in [4.69, 9.17) is 4.42 Å². The fourth-order valence-electron chi connectivity index (χ4n) is 3.66. The van der Waals surface area contributed by atoms with E-state index in [9.17, 15) is 9.18 Å². The molecule has 0 radical (unpaired) electrons. The van der Waals surface area contributed by atoms with E-state index in [-0.39, 0.29) is 18.3 Å². The van der Waals surface area contributed by atoms with Crippen molar-refractivity contribution in [3.63, 3.8) is 0 Å². The van der Waals surface area contributed by atoms with E-state index >= 15 is 0 Å². The standard InChI is InChI=1S/C24H21FN2O2/c1-15-12-16(2)22-17(3)23(29-20(22)13-15)24(28)27(21-6-4-5-11-26-21)14-18-7-9-19(25)10-8-18/h4-13H,14H2,1-3H3. The number of nitrogens with zero attached hydrogens (tertiary/aromatic N) is 2. The molecule has 0 atom stereocenters. The van der Waals surface area contributed by atoms with E-state index in [1.165, 1.54) is 12.1 Å². The number of rotatable bonds is 4. The number of hydrogen-bond donors (Lipinski definition) is 0. The van der Waals surface area contributed by atoms with Gasteiger partial charge in [-0.25, -0.2) is 9.37 Å². The fourth-order valence-corrected chi connectivity index (χ4v) is 3.66. The number of fused-ring (bicyclic) bond motifs is 1. The van der Waals surface area contributed by atoms with Gasteiger partial charge in [0.15, 0.2) is 5.76 Å². The Morgan fingerprint density at radius 3 is 2.52 bits per heavy atom. The van der Waals surface area contributed by atoms with Gasteiger partial charge < -0.3 is 4.42 Å². The zero-order valence-electron chi connectivity index (χ0n) is 16.6. The van der Waals surface area contributed by atoms with Gasteiger partial charge in [-0.2, -0.15) is 0 Å². The number of aromatic nitrogens is 1. The Kier molecular flexibility index (Phi) is 4.89. The highest BCUT2D eigenvalue weighted by atomic mass is 19.1. The molecule has 2 aromatic heterocycles. The summed E-state index contributed by atoms with van der Waals surface area (Å²) < 4.78 is 19.3. The normalized spacial score (nSPS) is 11.0. The van der Waals surface area contributed by atoms with Gasteiger partial charge in [-0.1, -0.05) is 24.3 Å². The van der Waals surface area contributed by atoms with Crippen LogP contribution in [0.15, 0.2) is 65.2 Å². The van der Waals surface area contributed by atoms with Crippen molar-refractivity contribution in [1.82, 2.24) is 4.98 Å². The maximum atomic E-state index is 13.5. The first-order valence-electron chi connectivity index (χ1n) is 9.41. The molecular formula is C24H21FN2O2. The van der Waals surface area contributed by atoms with E-state index in [2.05, 4.69) is 11.1 Å². The quantitative estimate of drug-likeness (QED) is 0.448. The molecule has 4 rings (SSSR count). The minimum absolute atomic E-state index is 0.255. The van der Waals surface area contributed by atoms with Crippen LogP contribution in [0.5, 0.6) is 0 Å². The van der Waals surface area contributed by atoms with Gasteiger partial charge in [0, 0.05) is 17.1 Å². The van der Waals surface area contributed by atoms with Crippen molar-refractivity contribution in [2.24, 2.45) is 0 Å². The first-order chi connectivity index (χ1) is 13.9.